The summed E-state index contributed by atoms with van der Waals surface area (Å²) in [5.41, 5.74) is 3.26. The molecule has 2 heterocycles. The average Bonchev–Trinajstić information content (AvgIpc) is 2.86. The number of hydrogen-bond acceptors (Lipinski definition) is 3. The van der Waals surface area contributed by atoms with E-state index in [2.05, 4.69) is 64.2 Å². The molecular formula is C17H20N4. The zero-order valence-electron chi connectivity index (χ0n) is 12.7. The number of pyridine rings is 1. The van der Waals surface area contributed by atoms with E-state index in [0.717, 1.165) is 23.7 Å². The molecule has 3 rings (SSSR count). The van der Waals surface area contributed by atoms with E-state index in [1.54, 1.807) is 0 Å². The predicted molar refractivity (Wildman–Crippen MR) is 86.4 cm³/mol. The summed E-state index contributed by atoms with van der Waals surface area (Å²) >= 11 is 0. The second-order valence-corrected chi connectivity index (χ2v) is 5.55. The summed E-state index contributed by atoms with van der Waals surface area (Å²) in [6.45, 7) is 7.05. The van der Waals surface area contributed by atoms with Gasteiger partial charge in [-0.2, -0.15) is 0 Å². The molecule has 0 amide bonds. The molecule has 4 heteroatoms. The van der Waals surface area contributed by atoms with Crippen molar-refractivity contribution < 1.29 is 0 Å². The van der Waals surface area contributed by atoms with Crippen molar-refractivity contribution >= 4 is 16.9 Å². The van der Waals surface area contributed by atoms with Crippen LogP contribution in [0.5, 0.6) is 0 Å². The van der Waals surface area contributed by atoms with Crippen LogP contribution >= 0.6 is 0 Å². The van der Waals surface area contributed by atoms with Gasteiger partial charge in [0.05, 0.1) is 11.2 Å². The van der Waals surface area contributed by atoms with Crippen LogP contribution in [0.25, 0.3) is 10.9 Å². The minimum absolute atomic E-state index is 0.388. The van der Waals surface area contributed by atoms with Crippen LogP contribution in [-0.4, -0.2) is 14.5 Å². The van der Waals surface area contributed by atoms with Gasteiger partial charge in [0, 0.05) is 30.4 Å². The number of hydrogen-bond donors (Lipinski definition) is 1. The third-order valence-corrected chi connectivity index (χ3v) is 3.56. The van der Waals surface area contributed by atoms with E-state index in [1.807, 2.05) is 19.2 Å². The van der Waals surface area contributed by atoms with Crippen molar-refractivity contribution in [1.29, 1.82) is 0 Å². The van der Waals surface area contributed by atoms with Crippen molar-refractivity contribution in [2.45, 2.75) is 33.4 Å². The third-order valence-electron chi connectivity index (χ3n) is 3.56. The quantitative estimate of drug-likeness (QED) is 0.787. The molecule has 21 heavy (non-hydrogen) atoms. The molecule has 0 aliphatic rings. The van der Waals surface area contributed by atoms with Crippen LogP contribution in [0.1, 0.15) is 31.1 Å². The summed E-state index contributed by atoms with van der Waals surface area (Å²) in [7, 11) is 0. The first-order valence-electron chi connectivity index (χ1n) is 7.27. The smallest absolute Gasteiger partial charge is 0.203 e. The van der Waals surface area contributed by atoms with Crippen molar-refractivity contribution in [2.75, 3.05) is 5.32 Å². The highest BCUT2D eigenvalue weighted by molar-refractivity contribution is 5.81. The van der Waals surface area contributed by atoms with Crippen LogP contribution in [-0.2, 0) is 6.54 Å². The second kappa shape index (κ2) is 5.56. The lowest BCUT2D eigenvalue weighted by Gasteiger charge is -2.13. The first-order chi connectivity index (χ1) is 10.1. The standard InChI is InChI=1S/C17H20N4/c1-12(2)21-11-13(3)20-17(21)19-10-15-7-4-6-14-8-5-9-18-16(14)15/h4-9,11-12H,10H2,1-3H3,(H,19,20). The summed E-state index contributed by atoms with van der Waals surface area (Å²) in [6.07, 6.45) is 3.92. The van der Waals surface area contributed by atoms with E-state index < -0.39 is 0 Å². The molecule has 0 unspecified atom stereocenters. The lowest BCUT2D eigenvalue weighted by atomic mass is 10.1. The molecule has 0 spiro atoms. The zero-order chi connectivity index (χ0) is 14.8. The molecule has 1 N–H and O–H groups in total. The monoisotopic (exact) mass is 280 g/mol. The molecule has 3 aromatic rings. The summed E-state index contributed by atoms with van der Waals surface area (Å²) in [6, 6.07) is 10.7. The van der Waals surface area contributed by atoms with Crippen LogP contribution in [0.2, 0.25) is 0 Å². The van der Waals surface area contributed by atoms with Gasteiger partial charge < -0.3 is 9.88 Å². The van der Waals surface area contributed by atoms with E-state index in [9.17, 15) is 0 Å². The van der Waals surface area contributed by atoms with E-state index in [0.29, 0.717) is 6.04 Å². The maximum Gasteiger partial charge on any atom is 0.203 e. The first kappa shape index (κ1) is 13.6. The third kappa shape index (κ3) is 2.75. The molecule has 0 radical (unpaired) electrons. The van der Waals surface area contributed by atoms with Gasteiger partial charge in [-0.3, -0.25) is 4.98 Å². The fourth-order valence-corrected chi connectivity index (χ4v) is 2.52. The van der Waals surface area contributed by atoms with E-state index in [-0.39, 0.29) is 0 Å². The number of anilines is 1. The Morgan fingerprint density at radius 3 is 2.81 bits per heavy atom. The molecule has 0 bridgehead atoms. The van der Waals surface area contributed by atoms with E-state index in [4.69, 9.17) is 0 Å². The Bertz CT molecular complexity index is 753. The number of rotatable bonds is 4. The molecule has 0 atom stereocenters. The molecule has 0 saturated carbocycles. The van der Waals surface area contributed by atoms with Crippen LogP contribution in [0, 0.1) is 6.92 Å². The van der Waals surface area contributed by atoms with Gasteiger partial charge in [-0.15, -0.1) is 0 Å². The maximum absolute atomic E-state index is 4.56. The van der Waals surface area contributed by atoms with Gasteiger partial charge in [-0.05, 0) is 32.4 Å². The first-order valence-corrected chi connectivity index (χ1v) is 7.27. The number of benzene rings is 1. The Morgan fingerprint density at radius 2 is 2.00 bits per heavy atom. The number of nitrogens with one attached hydrogen (secondary N) is 1. The minimum atomic E-state index is 0.388. The predicted octanol–water partition coefficient (Wildman–Crippen LogP) is 3.93. The Balaban J connectivity index is 1.87. The lowest BCUT2D eigenvalue weighted by molar-refractivity contribution is 0.604. The molecular weight excluding hydrogens is 260 g/mol. The molecule has 2 aromatic heterocycles. The van der Waals surface area contributed by atoms with E-state index in [1.165, 1.54) is 10.9 Å². The maximum atomic E-state index is 4.56. The molecule has 108 valence electrons. The normalized spacial score (nSPS) is 11.2. The number of fused-ring (bicyclic) bond motifs is 1. The zero-order valence-corrected chi connectivity index (χ0v) is 12.7. The molecule has 0 aliphatic carbocycles. The van der Waals surface area contributed by atoms with Gasteiger partial charge in [-0.1, -0.05) is 24.3 Å². The number of imidazole rings is 1. The van der Waals surface area contributed by atoms with Crippen molar-refractivity contribution in [1.82, 2.24) is 14.5 Å². The van der Waals surface area contributed by atoms with Crippen molar-refractivity contribution in [3.63, 3.8) is 0 Å². The Labute approximate surface area is 124 Å². The molecule has 4 nitrogen and oxygen atoms in total. The van der Waals surface area contributed by atoms with Gasteiger partial charge in [0.2, 0.25) is 5.95 Å². The Hall–Kier alpha value is -2.36. The lowest BCUT2D eigenvalue weighted by Crippen LogP contribution is -2.09. The summed E-state index contributed by atoms with van der Waals surface area (Å²) in [5, 5.41) is 4.60. The summed E-state index contributed by atoms with van der Waals surface area (Å²) in [4.78, 5) is 9.05. The highest BCUT2D eigenvalue weighted by Gasteiger charge is 2.09. The minimum Gasteiger partial charge on any atom is -0.351 e. The van der Waals surface area contributed by atoms with Crippen LogP contribution in [0.4, 0.5) is 5.95 Å². The van der Waals surface area contributed by atoms with Crippen LogP contribution in [0.15, 0.2) is 42.7 Å². The topological polar surface area (TPSA) is 42.7 Å². The molecule has 0 fully saturated rings. The highest BCUT2D eigenvalue weighted by atomic mass is 15.2. The Kier molecular flexibility index (Phi) is 3.60. The number of para-hydroxylation sites is 1. The number of aryl methyl sites for hydroxylation is 1. The van der Waals surface area contributed by atoms with E-state index >= 15 is 0 Å². The largest absolute Gasteiger partial charge is 0.351 e. The van der Waals surface area contributed by atoms with Crippen molar-refractivity contribution in [2.24, 2.45) is 0 Å². The van der Waals surface area contributed by atoms with Gasteiger partial charge >= 0.3 is 0 Å². The molecule has 0 aliphatic heterocycles. The fraction of sp³-hybridized carbons (Fsp3) is 0.294. The van der Waals surface area contributed by atoms with Crippen molar-refractivity contribution in [3.05, 3.63) is 54.0 Å². The van der Waals surface area contributed by atoms with Crippen LogP contribution < -0.4 is 5.32 Å². The number of nitrogens with zero attached hydrogens (tertiary/aromatic N) is 3. The molecule has 0 saturated heterocycles. The van der Waals surface area contributed by atoms with Gasteiger partial charge in [0.15, 0.2) is 0 Å². The SMILES string of the molecule is Cc1cn(C(C)C)c(NCc2cccc3cccnc23)n1. The van der Waals surface area contributed by atoms with Gasteiger partial charge in [-0.25, -0.2) is 4.98 Å². The fourth-order valence-electron chi connectivity index (χ4n) is 2.52. The number of aromatic nitrogens is 3. The summed E-state index contributed by atoms with van der Waals surface area (Å²) < 4.78 is 2.16. The van der Waals surface area contributed by atoms with Gasteiger partial charge in [0.1, 0.15) is 0 Å². The second-order valence-electron chi connectivity index (χ2n) is 5.55. The highest BCUT2D eigenvalue weighted by Crippen LogP contribution is 2.19. The van der Waals surface area contributed by atoms with Gasteiger partial charge in [0.25, 0.3) is 0 Å². The van der Waals surface area contributed by atoms with Crippen molar-refractivity contribution in [3.8, 4) is 0 Å². The average molecular weight is 280 g/mol. The summed E-state index contributed by atoms with van der Waals surface area (Å²) in [5.74, 6) is 0.912. The van der Waals surface area contributed by atoms with Crippen LogP contribution in [0.3, 0.4) is 0 Å². The Morgan fingerprint density at radius 1 is 1.19 bits per heavy atom. The molecule has 1 aromatic carbocycles.